The summed E-state index contributed by atoms with van der Waals surface area (Å²) in [5.41, 5.74) is 8.80. The number of ether oxygens (including phenoxy) is 1. The minimum Gasteiger partial charge on any atom is -0.399 e. The number of piperidine rings is 1. The quantitative estimate of drug-likeness (QED) is 0.593. The molecule has 3 saturated heterocycles. The lowest BCUT2D eigenvalue weighted by Gasteiger charge is -2.40. The maximum absolute atomic E-state index is 6.10. The van der Waals surface area contributed by atoms with Crippen LogP contribution in [0.5, 0.6) is 0 Å². The summed E-state index contributed by atoms with van der Waals surface area (Å²) < 4.78 is 8.27. The second-order valence-electron chi connectivity index (χ2n) is 11.1. The molecule has 0 saturated carbocycles. The molecule has 0 spiro atoms. The van der Waals surface area contributed by atoms with Gasteiger partial charge in [-0.2, -0.15) is 5.10 Å². The average Bonchev–Trinajstić information content (AvgIpc) is 3.40. The van der Waals surface area contributed by atoms with Crippen LogP contribution >= 0.6 is 0 Å². The van der Waals surface area contributed by atoms with Crippen LogP contribution in [0.25, 0.3) is 22.4 Å². The van der Waals surface area contributed by atoms with Gasteiger partial charge >= 0.3 is 0 Å². The van der Waals surface area contributed by atoms with Gasteiger partial charge in [-0.1, -0.05) is 0 Å². The van der Waals surface area contributed by atoms with Gasteiger partial charge in [-0.15, -0.1) is 0 Å². The fourth-order valence-corrected chi connectivity index (χ4v) is 5.75. The molecular weight excluding hydrogens is 426 g/mol. The molecule has 0 amide bonds. The first-order valence-corrected chi connectivity index (χ1v) is 12.6. The van der Waals surface area contributed by atoms with Crippen molar-refractivity contribution in [3.63, 3.8) is 0 Å². The monoisotopic (exact) mass is 461 g/mol. The summed E-state index contributed by atoms with van der Waals surface area (Å²) >= 11 is 0. The van der Waals surface area contributed by atoms with Gasteiger partial charge in [-0.05, 0) is 70.7 Å². The lowest BCUT2D eigenvalue weighted by Crippen LogP contribution is -2.46. The number of anilines is 2. The summed E-state index contributed by atoms with van der Waals surface area (Å²) in [5, 5.41) is 5.92. The normalized spacial score (nSPS) is 24.3. The molecule has 5 heterocycles. The number of nitrogen functional groups attached to an aromatic ring is 1. The van der Waals surface area contributed by atoms with Crippen LogP contribution in [-0.4, -0.2) is 68.6 Å². The Morgan fingerprint density at radius 2 is 1.62 bits per heavy atom. The van der Waals surface area contributed by atoms with Crippen molar-refractivity contribution in [3.8, 4) is 11.4 Å². The number of hydrogen-bond donors (Lipinski definition) is 1. The molecule has 3 aromatic rings. The van der Waals surface area contributed by atoms with Crippen LogP contribution in [0.2, 0.25) is 0 Å². The predicted molar refractivity (Wildman–Crippen MR) is 135 cm³/mol. The molecule has 2 bridgehead atoms. The van der Waals surface area contributed by atoms with Crippen molar-refractivity contribution < 1.29 is 4.74 Å². The molecule has 2 unspecified atom stereocenters. The fourth-order valence-electron chi connectivity index (χ4n) is 5.75. The van der Waals surface area contributed by atoms with E-state index in [1.807, 2.05) is 30.5 Å². The van der Waals surface area contributed by atoms with Crippen LogP contribution in [0, 0.1) is 0 Å². The largest absolute Gasteiger partial charge is 0.399 e. The molecule has 2 atom stereocenters. The number of nitrogens with zero attached hydrogens (tertiary/aromatic N) is 6. The van der Waals surface area contributed by atoms with E-state index in [-0.39, 0.29) is 5.54 Å². The average molecular weight is 462 g/mol. The molecule has 2 N–H and O–H groups in total. The number of hydrogen-bond acceptors (Lipinski definition) is 7. The zero-order chi connectivity index (χ0) is 23.4. The van der Waals surface area contributed by atoms with E-state index in [0.29, 0.717) is 18.2 Å². The third-order valence-corrected chi connectivity index (χ3v) is 7.70. The van der Waals surface area contributed by atoms with Crippen LogP contribution in [0.1, 0.15) is 52.5 Å². The number of morpholine rings is 1. The van der Waals surface area contributed by atoms with E-state index in [2.05, 4.69) is 35.3 Å². The van der Waals surface area contributed by atoms with Crippen LogP contribution in [0.3, 0.4) is 0 Å². The number of benzene rings is 1. The maximum atomic E-state index is 6.10. The summed E-state index contributed by atoms with van der Waals surface area (Å²) in [6.07, 6.45) is 6.97. The molecular formula is C26H35N7O. The number of fused-ring (bicyclic) bond motifs is 3. The van der Waals surface area contributed by atoms with E-state index < -0.39 is 0 Å². The van der Waals surface area contributed by atoms with Crippen LogP contribution in [-0.2, 0) is 4.74 Å². The molecule has 180 valence electrons. The first-order valence-electron chi connectivity index (χ1n) is 12.6. The Labute approximate surface area is 201 Å². The molecule has 8 nitrogen and oxygen atoms in total. The van der Waals surface area contributed by atoms with Crippen LogP contribution in [0.15, 0.2) is 30.5 Å². The SMILES string of the molecule is CC(C)(C)N1CCC(n2ncc3c(N4CC5CCC(C4)O5)nc(-c4ccc(N)cc4)nc32)CC1. The van der Waals surface area contributed by atoms with Crippen molar-refractivity contribution in [2.45, 2.75) is 70.2 Å². The lowest BCUT2D eigenvalue weighted by atomic mass is 9.98. The molecule has 0 aliphatic carbocycles. The topological polar surface area (TPSA) is 85.3 Å². The number of likely N-dealkylation sites (tertiary alicyclic amines) is 1. The molecule has 6 rings (SSSR count). The Balaban J connectivity index is 1.40. The van der Waals surface area contributed by atoms with E-state index in [9.17, 15) is 0 Å². The van der Waals surface area contributed by atoms with Gasteiger partial charge in [0.1, 0.15) is 5.82 Å². The van der Waals surface area contributed by atoms with E-state index in [1.54, 1.807) is 0 Å². The summed E-state index contributed by atoms with van der Waals surface area (Å²) in [7, 11) is 0. The maximum Gasteiger partial charge on any atom is 0.164 e. The van der Waals surface area contributed by atoms with Crippen molar-refractivity contribution in [1.29, 1.82) is 0 Å². The number of aromatic nitrogens is 4. The highest BCUT2D eigenvalue weighted by Crippen LogP contribution is 2.36. The fraction of sp³-hybridized carbons (Fsp3) is 0.577. The number of nitrogens with two attached hydrogens (primary N) is 1. The van der Waals surface area contributed by atoms with Gasteiger partial charge in [-0.25, -0.2) is 14.6 Å². The first-order chi connectivity index (χ1) is 16.3. The van der Waals surface area contributed by atoms with Gasteiger partial charge in [0.05, 0.1) is 29.8 Å². The molecule has 3 aliphatic rings. The standard InChI is InChI=1S/C26H35N7O/c1-26(2,3)32-12-10-19(11-13-32)33-25-22(14-28-33)24(31-15-20-8-9-21(16-31)34-20)29-23(30-25)17-4-6-18(27)7-5-17/h4-7,14,19-21H,8-13,15-16,27H2,1-3H3. The van der Waals surface area contributed by atoms with Crippen molar-refractivity contribution in [2.75, 3.05) is 36.8 Å². The van der Waals surface area contributed by atoms with E-state index in [0.717, 1.165) is 85.8 Å². The summed E-state index contributed by atoms with van der Waals surface area (Å²) in [6.45, 7) is 10.8. The summed E-state index contributed by atoms with van der Waals surface area (Å²) in [4.78, 5) is 15.1. The van der Waals surface area contributed by atoms with Gasteiger partial charge in [0.15, 0.2) is 11.5 Å². The first kappa shape index (κ1) is 21.8. The van der Waals surface area contributed by atoms with Gasteiger partial charge in [0, 0.05) is 43.0 Å². The van der Waals surface area contributed by atoms with E-state index in [1.165, 1.54) is 0 Å². The van der Waals surface area contributed by atoms with E-state index >= 15 is 0 Å². The third kappa shape index (κ3) is 3.92. The predicted octanol–water partition coefficient (Wildman–Crippen LogP) is 3.88. The van der Waals surface area contributed by atoms with Crippen LogP contribution < -0.4 is 10.6 Å². The molecule has 1 aromatic carbocycles. The molecule has 3 fully saturated rings. The Kier molecular flexibility index (Phi) is 5.26. The molecule has 8 heteroatoms. The second kappa shape index (κ2) is 8.20. The van der Waals surface area contributed by atoms with Crippen molar-refractivity contribution in [2.24, 2.45) is 0 Å². The second-order valence-corrected chi connectivity index (χ2v) is 11.1. The molecule has 0 radical (unpaired) electrons. The van der Waals surface area contributed by atoms with Gasteiger partial charge < -0.3 is 15.4 Å². The third-order valence-electron chi connectivity index (χ3n) is 7.70. The summed E-state index contributed by atoms with van der Waals surface area (Å²) in [5.74, 6) is 1.71. The zero-order valence-electron chi connectivity index (χ0n) is 20.4. The molecule has 34 heavy (non-hydrogen) atoms. The highest BCUT2D eigenvalue weighted by atomic mass is 16.5. The van der Waals surface area contributed by atoms with Gasteiger partial charge in [0.2, 0.25) is 0 Å². The Bertz CT molecular complexity index is 1160. The number of rotatable bonds is 3. The Morgan fingerprint density at radius 3 is 2.26 bits per heavy atom. The van der Waals surface area contributed by atoms with Crippen molar-refractivity contribution >= 4 is 22.5 Å². The van der Waals surface area contributed by atoms with Gasteiger partial charge in [0.25, 0.3) is 0 Å². The lowest BCUT2D eigenvalue weighted by molar-refractivity contribution is 0.0303. The highest BCUT2D eigenvalue weighted by molar-refractivity contribution is 5.89. The van der Waals surface area contributed by atoms with Crippen LogP contribution in [0.4, 0.5) is 11.5 Å². The zero-order valence-corrected chi connectivity index (χ0v) is 20.4. The molecule has 3 aliphatic heterocycles. The Morgan fingerprint density at radius 1 is 0.941 bits per heavy atom. The van der Waals surface area contributed by atoms with Gasteiger partial charge in [-0.3, -0.25) is 4.90 Å². The Hall–Kier alpha value is -2.71. The van der Waals surface area contributed by atoms with Crippen molar-refractivity contribution in [3.05, 3.63) is 30.5 Å². The smallest absolute Gasteiger partial charge is 0.164 e. The van der Waals surface area contributed by atoms with E-state index in [4.69, 9.17) is 25.5 Å². The molecule has 2 aromatic heterocycles. The highest BCUT2D eigenvalue weighted by Gasteiger charge is 2.36. The minimum atomic E-state index is 0.199. The summed E-state index contributed by atoms with van der Waals surface area (Å²) in [6, 6.07) is 8.19. The van der Waals surface area contributed by atoms with Crippen molar-refractivity contribution in [1.82, 2.24) is 24.6 Å². The minimum absolute atomic E-state index is 0.199.